The van der Waals surface area contributed by atoms with Gasteiger partial charge in [0.2, 0.25) is 0 Å². The fraction of sp³-hybridized carbons (Fsp3) is 0.188. The van der Waals surface area contributed by atoms with Crippen LogP contribution >= 0.6 is 0 Å². The van der Waals surface area contributed by atoms with Crippen molar-refractivity contribution in [2.45, 2.75) is 18.6 Å². The molecule has 0 bridgehead atoms. The Hall–Kier alpha value is -2.22. The van der Waals surface area contributed by atoms with Crippen LogP contribution in [0.1, 0.15) is 22.7 Å². The monoisotopic (exact) mass is 270 g/mol. The SMILES string of the molecule is N#Cc1cc([C@@H](N)[C@@H](O)Cc2ccccc2)ccc1F. The zero-order valence-electron chi connectivity index (χ0n) is 10.8. The summed E-state index contributed by atoms with van der Waals surface area (Å²) in [4.78, 5) is 0. The molecule has 0 heterocycles. The number of rotatable bonds is 4. The maximum absolute atomic E-state index is 13.3. The molecular formula is C16H15FN2O. The number of aliphatic hydroxyl groups is 1. The second-order valence-corrected chi connectivity index (χ2v) is 4.63. The number of aliphatic hydroxyl groups excluding tert-OH is 1. The van der Waals surface area contributed by atoms with E-state index in [1.165, 1.54) is 18.2 Å². The summed E-state index contributed by atoms with van der Waals surface area (Å²) in [5.74, 6) is -0.582. The Morgan fingerprint density at radius 2 is 1.90 bits per heavy atom. The predicted molar refractivity (Wildman–Crippen MR) is 74.2 cm³/mol. The highest BCUT2D eigenvalue weighted by atomic mass is 19.1. The van der Waals surface area contributed by atoms with Gasteiger partial charge < -0.3 is 10.8 Å². The molecule has 0 saturated carbocycles. The highest BCUT2D eigenvalue weighted by molar-refractivity contribution is 5.36. The van der Waals surface area contributed by atoms with Gasteiger partial charge in [0.1, 0.15) is 11.9 Å². The summed E-state index contributed by atoms with van der Waals surface area (Å²) >= 11 is 0. The van der Waals surface area contributed by atoms with Crippen molar-refractivity contribution in [1.29, 1.82) is 5.26 Å². The van der Waals surface area contributed by atoms with Crippen LogP contribution in [-0.4, -0.2) is 11.2 Å². The Kier molecular flexibility index (Phi) is 4.46. The van der Waals surface area contributed by atoms with Crippen LogP contribution in [0.4, 0.5) is 4.39 Å². The van der Waals surface area contributed by atoms with Gasteiger partial charge >= 0.3 is 0 Å². The van der Waals surface area contributed by atoms with Crippen molar-refractivity contribution < 1.29 is 9.50 Å². The zero-order chi connectivity index (χ0) is 14.5. The Bertz CT molecular complexity index is 622. The molecule has 2 aromatic rings. The zero-order valence-corrected chi connectivity index (χ0v) is 10.8. The van der Waals surface area contributed by atoms with E-state index >= 15 is 0 Å². The van der Waals surface area contributed by atoms with Crippen LogP contribution in [0, 0.1) is 17.1 Å². The molecule has 20 heavy (non-hydrogen) atoms. The summed E-state index contributed by atoms with van der Waals surface area (Å²) in [5.41, 5.74) is 7.43. The molecule has 3 N–H and O–H groups in total. The van der Waals surface area contributed by atoms with Crippen LogP contribution in [-0.2, 0) is 6.42 Å². The van der Waals surface area contributed by atoms with E-state index in [0.29, 0.717) is 12.0 Å². The molecule has 0 amide bonds. The van der Waals surface area contributed by atoms with Gasteiger partial charge in [0.15, 0.2) is 0 Å². The lowest BCUT2D eigenvalue weighted by Crippen LogP contribution is -2.28. The van der Waals surface area contributed by atoms with Gasteiger partial charge in [-0.2, -0.15) is 5.26 Å². The Balaban J connectivity index is 2.14. The van der Waals surface area contributed by atoms with E-state index in [2.05, 4.69) is 0 Å². The van der Waals surface area contributed by atoms with E-state index in [0.717, 1.165) is 5.56 Å². The molecule has 4 heteroatoms. The minimum atomic E-state index is -0.797. The number of benzene rings is 2. The van der Waals surface area contributed by atoms with Crippen molar-refractivity contribution in [3.63, 3.8) is 0 Å². The summed E-state index contributed by atoms with van der Waals surface area (Å²) in [6.45, 7) is 0. The standard InChI is InChI=1S/C16H15FN2O/c17-14-7-6-12(9-13(14)10-18)16(19)15(20)8-11-4-2-1-3-5-11/h1-7,9,15-16,20H,8,19H2/t15-,16+/m0/s1. The van der Waals surface area contributed by atoms with Gasteiger partial charge in [-0.05, 0) is 23.3 Å². The summed E-state index contributed by atoms with van der Waals surface area (Å²) < 4.78 is 13.3. The fourth-order valence-corrected chi connectivity index (χ4v) is 2.04. The van der Waals surface area contributed by atoms with Gasteiger partial charge in [0.25, 0.3) is 0 Å². The average Bonchev–Trinajstić information content (AvgIpc) is 2.48. The third kappa shape index (κ3) is 3.21. The van der Waals surface area contributed by atoms with Gasteiger partial charge in [0, 0.05) is 6.42 Å². The van der Waals surface area contributed by atoms with Gasteiger partial charge in [-0.1, -0.05) is 36.4 Å². The normalized spacial score (nSPS) is 13.5. The molecule has 0 aliphatic carbocycles. The van der Waals surface area contributed by atoms with Gasteiger partial charge in [-0.15, -0.1) is 0 Å². The first-order chi connectivity index (χ1) is 9.61. The predicted octanol–water partition coefficient (Wildman–Crippen LogP) is 2.30. The largest absolute Gasteiger partial charge is 0.391 e. The molecule has 2 aromatic carbocycles. The van der Waals surface area contributed by atoms with Crippen LogP contribution in [0.15, 0.2) is 48.5 Å². The summed E-state index contributed by atoms with van der Waals surface area (Å²) in [6, 6.07) is 14.7. The van der Waals surface area contributed by atoms with Gasteiger partial charge in [-0.3, -0.25) is 0 Å². The van der Waals surface area contributed by atoms with Gasteiger partial charge in [-0.25, -0.2) is 4.39 Å². The molecule has 0 aliphatic heterocycles. The third-order valence-electron chi connectivity index (χ3n) is 3.20. The van der Waals surface area contributed by atoms with Crippen molar-refractivity contribution in [3.8, 4) is 6.07 Å². The van der Waals surface area contributed by atoms with Crippen LogP contribution < -0.4 is 5.73 Å². The number of hydrogen-bond acceptors (Lipinski definition) is 3. The summed E-state index contributed by atoms with van der Waals surface area (Å²) in [6.07, 6.45) is -0.393. The fourth-order valence-electron chi connectivity index (χ4n) is 2.04. The molecule has 2 atom stereocenters. The Morgan fingerprint density at radius 3 is 2.55 bits per heavy atom. The Morgan fingerprint density at radius 1 is 1.20 bits per heavy atom. The smallest absolute Gasteiger partial charge is 0.140 e. The molecule has 0 saturated heterocycles. The van der Waals surface area contributed by atoms with E-state index in [1.54, 1.807) is 6.07 Å². The number of nitrogens with two attached hydrogens (primary N) is 1. The number of nitriles is 1. The maximum atomic E-state index is 13.3. The lowest BCUT2D eigenvalue weighted by atomic mass is 9.96. The molecule has 0 spiro atoms. The minimum Gasteiger partial charge on any atom is -0.391 e. The average molecular weight is 270 g/mol. The lowest BCUT2D eigenvalue weighted by Gasteiger charge is -2.19. The minimum absolute atomic E-state index is 0.0649. The van der Waals surface area contributed by atoms with Crippen molar-refractivity contribution in [2.24, 2.45) is 5.73 Å². The Labute approximate surface area is 117 Å². The molecular weight excluding hydrogens is 255 g/mol. The van der Waals surface area contributed by atoms with E-state index in [1.807, 2.05) is 30.3 Å². The van der Waals surface area contributed by atoms with E-state index in [4.69, 9.17) is 11.0 Å². The summed E-state index contributed by atoms with van der Waals surface area (Å²) in [5, 5.41) is 19.0. The highest BCUT2D eigenvalue weighted by Crippen LogP contribution is 2.20. The summed E-state index contributed by atoms with van der Waals surface area (Å²) in [7, 11) is 0. The molecule has 0 aliphatic rings. The van der Waals surface area contributed by atoms with E-state index in [-0.39, 0.29) is 5.56 Å². The molecule has 0 radical (unpaired) electrons. The number of nitrogens with zero attached hydrogens (tertiary/aromatic N) is 1. The first kappa shape index (κ1) is 14.2. The molecule has 0 unspecified atom stereocenters. The first-order valence-corrected chi connectivity index (χ1v) is 6.29. The number of hydrogen-bond donors (Lipinski definition) is 2. The quantitative estimate of drug-likeness (QED) is 0.895. The first-order valence-electron chi connectivity index (χ1n) is 6.29. The topological polar surface area (TPSA) is 70.0 Å². The van der Waals surface area contributed by atoms with Crippen molar-refractivity contribution in [3.05, 3.63) is 71.0 Å². The van der Waals surface area contributed by atoms with Crippen LogP contribution in [0.25, 0.3) is 0 Å². The van der Waals surface area contributed by atoms with Gasteiger partial charge in [0.05, 0.1) is 17.7 Å². The van der Waals surface area contributed by atoms with Crippen LogP contribution in [0.5, 0.6) is 0 Å². The maximum Gasteiger partial charge on any atom is 0.140 e. The van der Waals surface area contributed by atoms with E-state index in [9.17, 15) is 9.50 Å². The second kappa shape index (κ2) is 6.29. The van der Waals surface area contributed by atoms with Crippen molar-refractivity contribution in [2.75, 3.05) is 0 Å². The molecule has 102 valence electrons. The van der Waals surface area contributed by atoms with Crippen LogP contribution in [0.3, 0.4) is 0 Å². The van der Waals surface area contributed by atoms with Crippen LogP contribution in [0.2, 0.25) is 0 Å². The molecule has 0 fully saturated rings. The molecule has 0 aromatic heterocycles. The van der Waals surface area contributed by atoms with Crippen molar-refractivity contribution in [1.82, 2.24) is 0 Å². The molecule has 2 rings (SSSR count). The second-order valence-electron chi connectivity index (χ2n) is 4.63. The highest BCUT2D eigenvalue weighted by Gasteiger charge is 2.18. The lowest BCUT2D eigenvalue weighted by molar-refractivity contribution is 0.145. The number of halogens is 1. The molecule has 3 nitrogen and oxygen atoms in total. The van der Waals surface area contributed by atoms with E-state index < -0.39 is 18.0 Å². The van der Waals surface area contributed by atoms with Crippen molar-refractivity contribution >= 4 is 0 Å². The third-order valence-corrected chi connectivity index (χ3v) is 3.20.